The van der Waals surface area contributed by atoms with Gasteiger partial charge < -0.3 is 4.74 Å². The van der Waals surface area contributed by atoms with Crippen molar-refractivity contribution in [3.63, 3.8) is 0 Å². The Hall–Kier alpha value is -2.69. The lowest BCUT2D eigenvalue weighted by atomic mass is 10.0. The Bertz CT molecular complexity index is 699. The summed E-state index contributed by atoms with van der Waals surface area (Å²) in [7, 11) is 0. The topological polar surface area (TPSA) is 50.7 Å². The highest BCUT2D eigenvalue weighted by Crippen LogP contribution is 2.25. The number of rotatable bonds is 6. The zero-order chi connectivity index (χ0) is 16.7. The maximum Gasteiger partial charge on any atom is 0.277 e. The van der Waals surface area contributed by atoms with Gasteiger partial charge in [-0.25, -0.2) is 9.82 Å². The molecule has 0 atom stereocenters. The van der Waals surface area contributed by atoms with E-state index in [2.05, 4.69) is 24.4 Å². The number of hydrogen-bond acceptors (Lipinski definition) is 3. The van der Waals surface area contributed by atoms with E-state index in [1.165, 1.54) is 18.3 Å². The minimum atomic E-state index is -0.379. The minimum absolute atomic E-state index is 0.135. The Kier molecular flexibility index (Phi) is 5.86. The molecule has 5 heteroatoms. The van der Waals surface area contributed by atoms with Crippen LogP contribution in [0.4, 0.5) is 4.39 Å². The van der Waals surface area contributed by atoms with E-state index in [1.54, 1.807) is 12.1 Å². The summed E-state index contributed by atoms with van der Waals surface area (Å²) in [5.41, 5.74) is 3.96. The van der Waals surface area contributed by atoms with Crippen molar-refractivity contribution >= 4 is 12.1 Å². The highest BCUT2D eigenvalue weighted by atomic mass is 19.1. The third kappa shape index (κ3) is 5.21. The molecular weight excluding hydrogens is 295 g/mol. The summed E-state index contributed by atoms with van der Waals surface area (Å²) < 4.78 is 18.5. The second-order valence-electron chi connectivity index (χ2n) is 5.33. The number of hydrazone groups is 1. The first kappa shape index (κ1) is 16.7. The van der Waals surface area contributed by atoms with Crippen molar-refractivity contribution in [2.75, 3.05) is 6.61 Å². The van der Waals surface area contributed by atoms with E-state index < -0.39 is 0 Å². The van der Waals surface area contributed by atoms with Gasteiger partial charge in [0, 0.05) is 0 Å². The van der Waals surface area contributed by atoms with Crippen molar-refractivity contribution in [2.24, 2.45) is 5.10 Å². The number of carbonyl (C=O) groups excluding carboxylic acids is 1. The molecule has 0 fully saturated rings. The van der Waals surface area contributed by atoms with Crippen LogP contribution in [0, 0.1) is 5.82 Å². The van der Waals surface area contributed by atoms with Crippen LogP contribution >= 0.6 is 0 Å². The molecule has 0 bridgehead atoms. The summed E-state index contributed by atoms with van der Waals surface area (Å²) in [6, 6.07) is 13.5. The average Bonchev–Trinajstić information content (AvgIpc) is 2.53. The molecule has 1 amide bonds. The zero-order valence-electron chi connectivity index (χ0n) is 13.1. The Morgan fingerprint density at radius 1 is 1.26 bits per heavy atom. The van der Waals surface area contributed by atoms with Gasteiger partial charge in [0.2, 0.25) is 0 Å². The largest absolute Gasteiger partial charge is 0.483 e. The maximum absolute atomic E-state index is 13.0. The Morgan fingerprint density at radius 3 is 2.78 bits per heavy atom. The molecular formula is C18H19FN2O2. The van der Waals surface area contributed by atoms with E-state index in [-0.39, 0.29) is 18.3 Å². The van der Waals surface area contributed by atoms with Crippen LogP contribution in [0.1, 0.15) is 30.9 Å². The van der Waals surface area contributed by atoms with Gasteiger partial charge in [0.05, 0.1) is 6.21 Å². The number of nitrogens with zero attached hydrogens (tertiary/aromatic N) is 1. The third-order valence-electron chi connectivity index (χ3n) is 3.15. The van der Waals surface area contributed by atoms with Crippen LogP contribution in [0.25, 0.3) is 0 Å². The van der Waals surface area contributed by atoms with Gasteiger partial charge in [-0.1, -0.05) is 44.2 Å². The molecule has 0 saturated carbocycles. The number of hydrogen-bond donors (Lipinski definition) is 1. The number of carbonyl (C=O) groups is 1. The number of nitrogens with one attached hydrogen (secondary N) is 1. The molecule has 2 aromatic carbocycles. The fourth-order valence-electron chi connectivity index (χ4n) is 2.03. The molecule has 4 nitrogen and oxygen atoms in total. The lowest BCUT2D eigenvalue weighted by Crippen LogP contribution is -2.24. The fraction of sp³-hybridized carbons (Fsp3) is 0.222. The van der Waals surface area contributed by atoms with E-state index in [9.17, 15) is 9.18 Å². The van der Waals surface area contributed by atoms with Gasteiger partial charge >= 0.3 is 0 Å². The normalized spacial score (nSPS) is 11.0. The first-order valence-electron chi connectivity index (χ1n) is 7.35. The molecule has 120 valence electrons. The smallest absolute Gasteiger partial charge is 0.277 e. The molecule has 0 aliphatic heterocycles. The van der Waals surface area contributed by atoms with E-state index in [4.69, 9.17) is 4.74 Å². The lowest BCUT2D eigenvalue weighted by molar-refractivity contribution is -0.123. The first-order chi connectivity index (χ1) is 11.1. The summed E-state index contributed by atoms with van der Waals surface area (Å²) in [5, 5.41) is 3.78. The summed E-state index contributed by atoms with van der Waals surface area (Å²) in [5.74, 6) is 0.261. The van der Waals surface area contributed by atoms with Crippen LogP contribution in [0.3, 0.4) is 0 Å². The number of amides is 1. The third-order valence-corrected chi connectivity index (χ3v) is 3.15. The van der Waals surface area contributed by atoms with Crippen molar-refractivity contribution in [3.8, 4) is 5.75 Å². The van der Waals surface area contributed by atoms with Crippen LogP contribution in [0.2, 0.25) is 0 Å². The minimum Gasteiger partial charge on any atom is -0.483 e. The predicted molar refractivity (Wildman–Crippen MR) is 88.2 cm³/mol. The van der Waals surface area contributed by atoms with Crippen LogP contribution < -0.4 is 10.2 Å². The number of ether oxygens (including phenoxy) is 1. The van der Waals surface area contributed by atoms with Gasteiger partial charge in [-0.2, -0.15) is 5.10 Å². The SMILES string of the molecule is CC(C)c1ccccc1OCC(=O)N/N=C/c1cccc(F)c1. The van der Waals surface area contributed by atoms with Crippen molar-refractivity contribution in [1.29, 1.82) is 0 Å². The molecule has 0 aromatic heterocycles. The van der Waals surface area contributed by atoms with E-state index in [1.807, 2.05) is 24.3 Å². The molecule has 0 unspecified atom stereocenters. The maximum atomic E-state index is 13.0. The number of benzene rings is 2. The summed E-state index contributed by atoms with van der Waals surface area (Å²) in [4.78, 5) is 11.7. The van der Waals surface area contributed by atoms with Crippen molar-refractivity contribution in [1.82, 2.24) is 5.43 Å². The fourth-order valence-corrected chi connectivity index (χ4v) is 2.03. The van der Waals surface area contributed by atoms with Crippen LogP contribution in [0.5, 0.6) is 5.75 Å². The van der Waals surface area contributed by atoms with Gasteiger partial charge in [-0.3, -0.25) is 4.79 Å². The van der Waals surface area contributed by atoms with E-state index in [0.29, 0.717) is 17.2 Å². The zero-order valence-corrected chi connectivity index (χ0v) is 13.1. The molecule has 23 heavy (non-hydrogen) atoms. The summed E-state index contributed by atoms with van der Waals surface area (Å²) in [6.45, 7) is 3.99. The van der Waals surface area contributed by atoms with Crippen LogP contribution in [-0.2, 0) is 4.79 Å². The summed E-state index contributed by atoms with van der Waals surface area (Å²) in [6.07, 6.45) is 1.38. The van der Waals surface area contributed by atoms with Gasteiger partial charge in [-0.15, -0.1) is 0 Å². The van der Waals surface area contributed by atoms with E-state index >= 15 is 0 Å². The van der Waals surface area contributed by atoms with Gasteiger partial charge in [0.25, 0.3) is 5.91 Å². The monoisotopic (exact) mass is 314 g/mol. The molecule has 0 aliphatic rings. The molecule has 2 aromatic rings. The molecule has 0 heterocycles. The highest BCUT2D eigenvalue weighted by molar-refractivity contribution is 5.82. The Morgan fingerprint density at radius 2 is 2.04 bits per heavy atom. The average molecular weight is 314 g/mol. The van der Waals surface area contributed by atoms with Gasteiger partial charge in [0.1, 0.15) is 11.6 Å². The van der Waals surface area contributed by atoms with Crippen molar-refractivity contribution in [2.45, 2.75) is 19.8 Å². The van der Waals surface area contributed by atoms with Gasteiger partial charge in [-0.05, 0) is 35.2 Å². The van der Waals surface area contributed by atoms with Crippen molar-refractivity contribution < 1.29 is 13.9 Å². The standard InChI is InChI=1S/C18H19FN2O2/c1-13(2)16-8-3-4-9-17(16)23-12-18(22)21-20-11-14-6-5-7-15(19)10-14/h3-11,13H,12H2,1-2H3,(H,21,22)/b20-11+. The predicted octanol–water partition coefficient (Wildman–Crippen LogP) is 3.48. The number of para-hydroxylation sites is 1. The van der Waals surface area contributed by atoms with Crippen molar-refractivity contribution in [3.05, 3.63) is 65.5 Å². The Labute approximate surface area is 135 Å². The van der Waals surface area contributed by atoms with E-state index in [0.717, 1.165) is 5.56 Å². The molecule has 0 spiro atoms. The molecule has 0 aliphatic carbocycles. The van der Waals surface area contributed by atoms with Gasteiger partial charge in [0.15, 0.2) is 6.61 Å². The molecule has 0 radical (unpaired) electrons. The molecule has 1 N–H and O–H groups in total. The molecule has 0 saturated heterocycles. The second kappa shape index (κ2) is 8.08. The Balaban J connectivity index is 1.86. The van der Waals surface area contributed by atoms with Crippen LogP contribution in [0.15, 0.2) is 53.6 Å². The lowest BCUT2D eigenvalue weighted by Gasteiger charge is -2.12. The molecule has 2 rings (SSSR count). The number of halogens is 1. The first-order valence-corrected chi connectivity index (χ1v) is 7.35. The summed E-state index contributed by atoms with van der Waals surface area (Å²) >= 11 is 0. The highest BCUT2D eigenvalue weighted by Gasteiger charge is 2.08. The van der Waals surface area contributed by atoms with Crippen LogP contribution in [-0.4, -0.2) is 18.7 Å². The second-order valence-corrected chi connectivity index (χ2v) is 5.33. The quantitative estimate of drug-likeness (QED) is 0.655.